The summed E-state index contributed by atoms with van der Waals surface area (Å²) in [7, 11) is 0. The summed E-state index contributed by atoms with van der Waals surface area (Å²) in [6.07, 6.45) is 6.08. The number of furan rings is 1. The largest absolute Gasteiger partial charge is 0.469 e. The standard InChI is InChI=1S/C17H24N6O/c1-13(2)10-19-17(18-8-7-15-4-3-9-24-15)22-14-5-6-16-20-12-21-23(16)11-14/h3-4,9,12,14H,1,5-8,10-11H2,2H3,(H2,18,19,22). The maximum atomic E-state index is 5.36. The van der Waals surface area contributed by atoms with Gasteiger partial charge >= 0.3 is 0 Å². The van der Waals surface area contributed by atoms with Gasteiger partial charge in [0, 0.05) is 25.4 Å². The first-order valence-electron chi connectivity index (χ1n) is 8.29. The van der Waals surface area contributed by atoms with Crippen molar-refractivity contribution in [3.05, 3.63) is 48.5 Å². The van der Waals surface area contributed by atoms with Crippen LogP contribution in [-0.4, -0.2) is 39.9 Å². The van der Waals surface area contributed by atoms with Crippen molar-refractivity contribution in [3.63, 3.8) is 0 Å². The lowest BCUT2D eigenvalue weighted by atomic mass is 10.1. The van der Waals surface area contributed by atoms with Gasteiger partial charge in [0.2, 0.25) is 0 Å². The van der Waals surface area contributed by atoms with E-state index in [1.54, 1.807) is 12.6 Å². The Hall–Kier alpha value is -2.57. The third kappa shape index (κ3) is 4.47. The number of hydrogen-bond acceptors (Lipinski definition) is 4. The van der Waals surface area contributed by atoms with Crippen LogP contribution < -0.4 is 10.6 Å². The van der Waals surface area contributed by atoms with Crippen molar-refractivity contribution in [1.29, 1.82) is 0 Å². The topological polar surface area (TPSA) is 80.3 Å². The number of aromatic nitrogens is 3. The number of nitrogens with zero attached hydrogens (tertiary/aromatic N) is 4. The lowest BCUT2D eigenvalue weighted by Crippen LogP contribution is -2.47. The van der Waals surface area contributed by atoms with Crippen LogP contribution in [0.2, 0.25) is 0 Å². The minimum Gasteiger partial charge on any atom is -0.469 e. The summed E-state index contributed by atoms with van der Waals surface area (Å²) in [5.74, 6) is 2.82. The maximum absolute atomic E-state index is 5.36. The summed E-state index contributed by atoms with van der Waals surface area (Å²) >= 11 is 0. The molecule has 1 atom stereocenters. The predicted molar refractivity (Wildman–Crippen MR) is 92.8 cm³/mol. The Morgan fingerprint density at radius 3 is 3.25 bits per heavy atom. The van der Waals surface area contributed by atoms with E-state index in [0.717, 1.165) is 55.5 Å². The average Bonchev–Trinajstić information content (AvgIpc) is 3.23. The normalized spacial score (nSPS) is 17.4. The van der Waals surface area contributed by atoms with Crippen LogP contribution >= 0.6 is 0 Å². The van der Waals surface area contributed by atoms with E-state index in [0.29, 0.717) is 12.6 Å². The highest BCUT2D eigenvalue weighted by molar-refractivity contribution is 5.80. The molecular formula is C17H24N6O. The Balaban J connectivity index is 1.55. The molecule has 0 amide bonds. The number of aliphatic imine (C=N–C) groups is 1. The Kier molecular flexibility index (Phi) is 5.30. The molecule has 1 aliphatic heterocycles. The van der Waals surface area contributed by atoms with Gasteiger partial charge in [-0.3, -0.25) is 0 Å². The van der Waals surface area contributed by atoms with Gasteiger partial charge < -0.3 is 15.1 Å². The second-order valence-corrected chi connectivity index (χ2v) is 6.12. The minimum absolute atomic E-state index is 0.291. The van der Waals surface area contributed by atoms with Crippen LogP contribution in [0.5, 0.6) is 0 Å². The average molecular weight is 328 g/mol. The van der Waals surface area contributed by atoms with Crippen LogP contribution in [0.25, 0.3) is 0 Å². The van der Waals surface area contributed by atoms with Crippen molar-refractivity contribution >= 4 is 5.96 Å². The molecule has 0 aromatic carbocycles. The zero-order chi connectivity index (χ0) is 16.8. The fraction of sp³-hybridized carbons (Fsp3) is 0.471. The van der Waals surface area contributed by atoms with Gasteiger partial charge in [0.25, 0.3) is 0 Å². The zero-order valence-corrected chi connectivity index (χ0v) is 14.0. The number of nitrogens with one attached hydrogen (secondary N) is 2. The van der Waals surface area contributed by atoms with Crippen LogP contribution in [0.15, 0.2) is 46.3 Å². The maximum Gasteiger partial charge on any atom is 0.191 e. The third-order valence-corrected chi connectivity index (χ3v) is 3.90. The lowest BCUT2D eigenvalue weighted by Gasteiger charge is -2.25. The van der Waals surface area contributed by atoms with Crippen LogP contribution in [0.3, 0.4) is 0 Å². The fourth-order valence-corrected chi connectivity index (χ4v) is 2.67. The van der Waals surface area contributed by atoms with Gasteiger partial charge in [0.15, 0.2) is 5.96 Å². The fourth-order valence-electron chi connectivity index (χ4n) is 2.67. The van der Waals surface area contributed by atoms with E-state index >= 15 is 0 Å². The molecule has 128 valence electrons. The summed E-state index contributed by atoms with van der Waals surface area (Å²) in [5, 5.41) is 11.1. The molecule has 3 rings (SSSR count). The Labute approximate surface area is 141 Å². The van der Waals surface area contributed by atoms with E-state index in [2.05, 4.69) is 32.3 Å². The number of rotatable bonds is 6. The Bertz CT molecular complexity index is 688. The number of hydrogen-bond donors (Lipinski definition) is 2. The highest BCUT2D eigenvalue weighted by Crippen LogP contribution is 2.11. The lowest BCUT2D eigenvalue weighted by molar-refractivity contribution is 0.392. The molecule has 2 N–H and O–H groups in total. The molecule has 0 aliphatic carbocycles. The van der Waals surface area contributed by atoms with Gasteiger partial charge in [-0.2, -0.15) is 5.10 Å². The summed E-state index contributed by atoms with van der Waals surface area (Å²) in [6.45, 7) is 8.07. The Morgan fingerprint density at radius 2 is 2.46 bits per heavy atom. The van der Waals surface area contributed by atoms with Gasteiger partial charge in [0.1, 0.15) is 17.9 Å². The van der Waals surface area contributed by atoms with Crippen molar-refractivity contribution < 1.29 is 4.42 Å². The molecule has 7 nitrogen and oxygen atoms in total. The van der Waals surface area contributed by atoms with E-state index in [1.165, 1.54) is 0 Å². The van der Waals surface area contributed by atoms with Crippen LogP contribution in [0.1, 0.15) is 24.9 Å². The SMILES string of the molecule is C=C(C)CN=C(NCCc1ccco1)NC1CCc2ncnn2C1. The molecule has 3 heterocycles. The summed E-state index contributed by atoms with van der Waals surface area (Å²) < 4.78 is 7.32. The highest BCUT2D eigenvalue weighted by atomic mass is 16.3. The van der Waals surface area contributed by atoms with Crippen LogP contribution in [-0.2, 0) is 19.4 Å². The van der Waals surface area contributed by atoms with Gasteiger partial charge in [-0.25, -0.2) is 14.7 Å². The molecule has 0 saturated carbocycles. The molecule has 0 fully saturated rings. The van der Waals surface area contributed by atoms with Gasteiger partial charge in [0.05, 0.1) is 19.4 Å². The number of aryl methyl sites for hydroxylation is 1. The van der Waals surface area contributed by atoms with Gasteiger partial charge in [-0.15, -0.1) is 0 Å². The number of guanidine groups is 1. The minimum atomic E-state index is 0.291. The van der Waals surface area contributed by atoms with E-state index in [1.807, 2.05) is 23.7 Å². The third-order valence-electron chi connectivity index (χ3n) is 3.90. The smallest absolute Gasteiger partial charge is 0.191 e. The van der Waals surface area contributed by atoms with Crippen molar-refractivity contribution in [2.24, 2.45) is 4.99 Å². The molecule has 0 bridgehead atoms. The number of fused-ring (bicyclic) bond motifs is 1. The molecule has 1 aliphatic rings. The van der Waals surface area contributed by atoms with Crippen LogP contribution in [0, 0.1) is 0 Å². The molecule has 24 heavy (non-hydrogen) atoms. The quantitative estimate of drug-likeness (QED) is 0.478. The van der Waals surface area contributed by atoms with Crippen LogP contribution in [0.4, 0.5) is 0 Å². The molecule has 0 radical (unpaired) electrons. The van der Waals surface area contributed by atoms with E-state index < -0.39 is 0 Å². The Morgan fingerprint density at radius 1 is 1.54 bits per heavy atom. The van der Waals surface area contributed by atoms with Crippen molar-refractivity contribution in [2.45, 2.75) is 38.8 Å². The molecule has 2 aromatic rings. The molecule has 7 heteroatoms. The highest BCUT2D eigenvalue weighted by Gasteiger charge is 2.20. The summed E-state index contributed by atoms with van der Waals surface area (Å²) in [5.41, 5.74) is 1.03. The summed E-state index contributed by atoms with van der Waals surface area (Å²) in [6, 6.07) is 4.17. The van der Waals surface area contributed by atoms with E-state index in [9.17, 15) is 0 Å². The second kappa shape index (κ2) is 7.81. The molecule has 1 unspecified atom stereocenters. The van der Waals surface area contributed by atoms with Crippen molar-refractivity contribution in [3.8, 4) is 0 Å². The predicted octanol–water partition coefficient (Wildman–Crippen LogP) is 1.54. The first kappa shape index (κ1) is 16.3. The summed E-state index contributed by atoms with van der Waals surface area (Å²) in [4.78, 5) is 8.86. The zero-order valence-electron chi connectivity index (χ0n) is 14.0. The van der Waals surface area contributed by atoms with Gasteiger partial charge in [-0.1, -0.05) is 12.2 Å². The first-order valence-corrected chi connectivity index (χ1v) is 8.29. The van der Waals surface area contributed by atoms with E-state index in [-0.39, 0.29) is 0 Å². The molecule has 0 spiro atoms. The second-order valence-electron chi connectivity index (χ2n) is 6.12. The molecule has 0 saturated heterocycles. The molecular weight excluding hydrogens is 304 g/mol. The van der Waals surface area contributed by atoms with Gasteiger partial charge in [-0.05, 0) is 25.5 Å². The monoisotopic (exact) mass is 328 g/mol. The van der Waals surface area contributed by atoms with Crippen molar-refractivity contribution in [1.82, 2.24) is 25.4 Å². The van der Waals surface area contributed by atoms with E-state index in [4.69, 9.17) is 4.42 Å². The van der Waals surface area contributed by atoms with Crippen molar-refractivity contribution in [2.75, 3.05) is 13.1 Å². The first-order chi connectivity index (χ1) is 11.7. The molecule has 2 aromatic heterocycles.